The molecule has 0 rings (SSSR count). The molecule has 78 valence electrons. The van der Waals surface area contributed by atoms with Crippen LogP contribution in [0.1, 0.15) is 0 Å². The molecule has 6 N–H and O–H groups in total. The van der Waals surface area contributed by atoms with Gasteiger partial charge in [-0.25, -0.2) is 0 Å². The number of rotatable bonds is 5. The quantitative estimate of drug-likeness (QED) is 0.156. The maximum Gasteiger partial charge on any atom is 0.121 e. The Morgan fingerprint density at radius 1 is 1.08 bits per heavy atom. The molecular weight excluding hydrogens is 182 g/mol. The van der Waals surface area contributed by atoms with Gasteiger partial charge in [0.1, 0.15) is 24.4 Å². The second-order valence-corrected chi connectivity index (χ2v) is 2.49. The average molecular weight is 195 g/mol. The Hall–Kier alpha value is -0.730. The predicted molar refractivity (Wildman–Crippen MR) is 41.4 cm³/mol. The molecular formula is C6H13NO6. The zero-order valence-corrected chi connectivity index (χ0v) is 6.72. The maximum atomic E-state index is 9.05. The maximum absolute atomic E-state index is 9.05. The summed E-state index contributed by atoms with van der Waals surface area (Å²) in [6.07, 6.45) is -6.02. The molecule has 0 aliphatic rings. The fourth-order valence-corrected chi connectivity index (χ4v) is 0.694. The lowest BCUT2D eigenvalue weighted by atomic mass is 10.0. The summed E-state index contributed by atoms with van der Waals surface area (Å²) >= 11 is 0. The van der Waals surface area contributed by atoms with Crippen LogP contribution in [0.4, 0.5) is 0 Å². The molecule has 0 aromatic carbocycles. The third-order valence-electron chi connectivity index (χ3n) is 1.50. The number of oxime groups is 1. The van der Waals surface area contributed by atoms with Gasteiger partial charge in [0.15, 0.2) is 0 Å². The van der Waals surface area contributed by atoms with Crippen LogP contribution in [0.2, 0.25) is 0 Å². The molecule has 0 unspecified atom stereocenters. The molecule has 7 heteroatoms. The second-order valence-electron chi connectivity index (χ2n) is 2.49. The van der Waals surface area contributed by atoms with Gasteiger partial charge in [-0.15, -0.1) is 0 Å². The van der Waals surface area contributed by atoms with E-state index in [1.54, 1.807) is 0 Å². The van der Waals surface area contributed by atoms with Crippen molar-refractivity contribution in [1.82, 2.24) is 0 Å². The largest absolute Gasteiger partial charge is 0.411 e. The standard InChI is InChI=1S/C6H13NO6/c8-2-4(10)6(12)5(11)3(9)1-7-13/h1,3-6,8-13H,2H2/b7-1-/t3-,4-,5-,6+/m1/s1. The van der Waals surface area contributed by atoms with E-state index in [1.807, 2.05) is 0 Å². The van der Waals surface area contributed by atoms with Crippen molar-refractivity contribution in [2.24, 2.45) is 5.16 Å². The molecule has 0 fully saturated rings. The normalized spacial score (nSPS) is 21.3. The van der Waals surface area contributed by atoms with Gasteiger partial charge in [0.05, 0.1) is 12.8 Å². The van der Waals surface area contributed by atoms with E-state index in [9.17, 15) is 0 Å². The molecule has 0 aliphatic carbocycles. The summed E-state index contributed by atoms with van der Waals surface area (Å²) in [6.45, 7) is -0.749. The molecule has 0 saturated heterocycles. The van der Waals surface area contributed by atoms with Crippen molar-refractivity contribution < 1.29 is 30.7 Å². The topological polar surface area (TPSA) is 134 Å². The predicted octanol–water partition coefficient (Wildman–Crippen LogP) is -3.12. The van der Waals surface area contributed by atoms with E-state index in [-0.39, 0.29) is 0 Å². The summed E-state index contributed by atoms with van der Waals surface area (Å²) in [6, 6.07) is 0. The van der Waals surface area contributed by atoms with Crippen molar-refractivity contribution in [3.8, 4) is 0 Å². The molecule has 0 aromatic heterocycles. The minimum Gasteiger partial charge on any atom is -0.411 e. The highest BCUT2D eigenvalue weighted by molar-refractivity contribution is 5.62. The summed E-state index contributed by atoms with van der Waals surface area (Å²) in [5, 5.41) is 54.6. The van der Waals surface area contributed by atoms with Gasteiger partial charge >= 0.3 is 0 Å². The third-order valence-corrected chi connectivity index (χ3v) is 1.50. The molecule has 0 aliphatic heterocycles. The fraction of sp³-hybridized carbons (Fsp3) is 0.833. The minimum absolute atomic E-state index is 0.581. The van der Waals surface area contributed by atoms with Gasteiger partial charge in [0, 0.05) is 0 Å². The summed E-state index contributed by atoms with van der Waals surface area (Å²) < 4.78 is 0. The first-order chi connectivity index (χ1) is 6.04. The zero-order chi connectivity index (χ0) is 10.4. The molecule has 0 heterocycles. The van der Waals surface area contributed by atoms with Crippen molar-refractivity contribution in [1.29, 1.82) is 0 Å². The first kappa shape index (κ1) is 12.3. The van der Waals surface area contributed by atoms with E-state index in [2.05, 4.69) is 5.16 Å². The van der Waals surface area contributed by atoms with Gasteiger partial charge < -0.3 is 30.7 Å². The molecule has 0 amide bonds. The Morgan fingerprint density at radius 3 is 2.00 bits per heavy atom. The number of hydrogen-bond acceptors (Lipinski definition) is 7. The Balaban J connectivity index is 4.15. The minimum atomic E-state index is -1.72. The van der Waals surface area contributed by atoms with Crippen molar-refractivity contribution in [2.45, 2.75) is 24.4 Å². The van der Waals surface area contributed by atoms with E-state index in [1.165, 1.54) is 0 Å². The van der Waals surface area contributed by atoms with Crippen molar-refractivity contribution in [3.63, 3.8) is 0 Å². The SMILES string of the molecule is OC[C@@H](O)[C@H](O)[C@H](O)[C@H](O)/C=N\O. The molecule has 13 heavy (non-hydrogen) atoms. The molecule has 0 aromatic rings. The van der Waals surface area contributed by atoms with Crippen LogP contribution in [-0.2, 0) is 0 Å². The van der Waals surface area contributed by atoms with E-state index < -0.39 is 31.0 Å². The van der Waals surface area contributed by atoms with Crippen LogP contribution >= 0.6 is 0 Å². The third kappa shape index (κ3) is 3.66. The Morgan fingerprint density at radius 2 is 1.62 bits per heavy atom. The molecule has 0 bridgehead atoms. The highest BCUT2D eigenvalue weighted by atomic mass is 16.4. The van der Waals surface area contributed by atoms with Gasteiger partial charge in [0.25, 0.3) is 0 Å². The van der Waals surface area contributed by atoms with E-state index >= 15 is 0 Å². The zero-order valence-electron chi connectivity index (χ0n) is 6.72. The monoisotopic (exact) mass is 195 g/mol. The van der Waals surface area contributed by atoms with Crippen LogP contribution < -0.4 is 0 Å². The van der Waals surface area contributed by atoms with Crippen LogP contribution in [0, 0.1) is 0 Å². The summed E-state index contributed by atoms with van der Waals surface area (Å²) in [5.74, 6) is 0. The smallest absolute Gasteiger partial charge is 0.121 e. The number of nitrogens with zero attached hydrogens (tertiary/aromatic N) is 1. The van der Waals surface area contributed by atoms with E-state index in [0.717, 1.165) is 0 Å². The van der Waals surface area contributed by atoms with Crippen LogP contribution in [0.3, 0.4) is 0 Å². The average Bonchev–Trinajstić information content (AvgIpc) is 2.14. The number of aliphatic hydroxyl groups is 5. The fourth-order valence-electron chi connectivity index (χ4n) is 0.694. The van der Waals surface area contributed by atoms with Gasteiger partial charge in [0.2, 0.25) is 0 Å². The Labute approximate surface area is 74.2 Å². The van der Waals surface area contributed by atoms with Gasteiger partial charge in [-0.05, 0) is 0 Å². The highest BCUT2D eigenvalue weighted by Gasteiger charge is 2.29. The van der Waals surface area contributed by atoms with Crippen LogP contribution in [0.25, 0.3) is 0 Å². The molecule has 4 atom stereocenters. The summed E-state index contributed by atoms with van der Waals surface area (Å²) in [4.78, 5) is 0. The Kier molecular flexibility index (Phi) is 5.51. The van der Waals surface area contributed by atoms with E-state index in [0.29, 0.717) is 6.21 Å². The van der Waals surface area contributed by atoms with Crippen molar-refractivity contribution in [2.75, 3.05) is 6.61 Å². The van der Waals surface area contributed by atoms with Crippen LogP contribution in [0.15, 0.2) is 5.16 Å². The first-order valence-electron chi connectivity index (χ1n) is 3.55. The lowest BCUT2D eigenvalue weighted by Crippen LogP contribution is -2.46. The highest BCUT2D eigenvalue weighted by Crippen LogP contribution is 2.03. The summed E-state index contributed by atoms with van der Waals surface area (Å²) in [5.41, 5.74) is 0. The lowest BCUT2D eigenvalue weighted by Gasteiger charge is -2.23. The van der Waals surface area contributed by atoms with Gasteiger partial charge in [-0.3, -0.25) is 0 Å². The molecule has 0 saturated carbocycles. The van der Waals surface area contributed by atoms with Crippen LogP contribution in [-0.4, -0.2) is 68.0 Å². The van der Waals surface area contributed by atoms with Crippen LogP contribution in [0.5, 0.6) is 0 Å². The molecule has 0 radical (unpaired) electrons. The van der Waals surface area contributed by atoms with Crippen molar-refractivity contribution >= 4 is 6.21 Å². The number of hydrogen-bond donors (Lipinski definition) is 6. The Bertz CT molecular complexity index is 163. The van der Waals surface area contributed by atoms with Gasteiger partial charge in [-0.1, -0.05) is 5.16 Å². The lowest BCUT2D eigenvalue weighted by molar-refractivity contribution is -0.100. The second kappa shape index (κ2) is 5.84. The molecule has 7 nitrogen and oxygen atoms in total. The first-order valence-corrected chi connectivity index (χ1v) is 3.55. The number of aliphatic hydroxyl groups excluding tert-OH is 5. The summed E-state index contributed by atoms with van der Waals surface area (Å²) in [7, 11) is 0. The van der Waals surface area contributed by atoms with Gasteiger partial charge in [-0.2, -0.15) is 0 Å². The van der Waals surface area contributed by atoms with E-state index in [4.69, 9.17) is 30.7 Å². The van der Waals surface area contributed by atoms with Crippen molar-refractivity contribution in [3.05, 3.63) is 0 Å². The molecule has 0 spiro atoms.